The molecule has 0 radical (unpaired) electrons. The van der Waals surface area contributed by atoms with Gasteiger partial charge in [-0.25, -0.2) is 0 Å². The molecule has 6 nitrogen and oxygen atoms in total. The lowest BCUT2D eigenvalue weighted by molar-refractivity contribution is -0.123. The summed E-state index contributed by atoms with van der Waals surface area (Å²) < 4.78 is 25.7. The van der Waals surface area contributed by atoms with E-state index in [0.29, 0.717) is 23.8 Å². The second-order valence-corrected chi connectivity index (χ2v) is 7.22. The van der Waals surface area contributed by atoms with Gasteiger partial charge < -0.3 is 14.2 Å². The number of nitrogens with zero attached hydrogens (tertiary/aromatic N) is 1. The summed E-state index contributed by atoms with van der Waals surface area (Å²) >= 11 is 0. The Morgan fingerprint density at radius 3 is 1.96 bits per heavy atom. The Bertz CT molecular complexity index is 561. The molecular formula is C17H27NO5S. The number of ether oxygens (including phenoxy) is 3. The molecule has 7 heteroatoms. The van der Waals surface area contributed by atoms with E-state index in [1.807, 2.05) is 11.9 Å². The summed E-state index contributed by atoms with van der Waals surface area (Å²) in [7, 11) is 6.12. The second-order valence-electron chi connectivity index (χ2n) is 5.73. The smallest absolute Gasteiger partial charge is 0.154 e. The molecule has 1 aromatic carbocycles. The topological polar surface area (TPSA) is 65.1 Å². The van der Waals surface area contributed by atoms with E-state index in [2.05, 4.69) is 0 Å². The van der Waals surface area contributed by atoms with Gasteiger partial charge in [-0.1, -0.05) is 0 Å². The first kappa shape index (κ1) is 20.4. The van der Waals surface area contributed by atoms with Gasteiger partial charge in [0, 0.05) is 41.0 Å². The highest BCUT2D eigenvalue weighted by Crippen LogP contribution is 2.41. The number of likely N-dealkylation sites (N-methyl/N-ethyl adjacent to an activating group) is 1. The van der Waals surface area contributed by atoms with Gasteiger partial charge in [-0.2, -0.15) is 0 Å². The summed E-state index contributed by atoms with van der Waals surface area (Å²) in [6, 6.07) is 3.59. The van der Waals surface area contributed by atoms with Gasteiger partial charge in [0.05, 0.1) is 33.8 Å². The molecule has 0 aromatic heterocycles. The molecule has 0 aliphatic carbocycles. The van der Waals surface area contributed by atoms with Gasteiger partial charge in [-0.15, -0.1) is 0 Å². The third-order valence-electron chi connectivity index (χ3n) is 3.72. The fraction of sp³-hybridized carbons (Fsp3) is 0.588. The summed E-state index contributed by atoms with van der Waals surface area (Å²) in [5.74, 6) is 1.96. The van der Waals surface area contributed by atoms with E-state index in [1.165, 1.54) is 0 Å². The van der Waals surface area contributed by atoms with Crippen LogP contribution in [0.3, 0.4) is 0 Å². The van der Waals surface area contributed by atoms with Crippen LogP contribution in [-0.4, -0.2) is 68.9 Å². The average molecular weight is 357 g/mol. The molecule has 0 spiro atoms. The Labute approximate surface area is 146 Å². The minimum Gasteiger partial charge on any atom is -0.496 e. The highest BCUT2D eigenvalue weighted by molar-refractivity contribution is 7.83. The molecule has 1 aliphatic rings. The Kier molecular flexibility index (Phi) is 8.21. The van der Waals surface area contributed by atoms with Gasteiger partial charge in [0.15, 0.2) is 5.78 Å². The van der Waals surface area contributed by atoms with Crippen LogP contribution < -0.4 is 14.2 Å². The molecule has 1 aromatic rings. The highest BCUT2D eigenvalue weighted by atomic mass is 32.2. The molecule has 1 saturated heterocycles. The van der Waals surface area contributed by atoms with Crippen LogP contribution in [-0.2, 0) is 15.6 Å². The van der Waals surface area contributed by atoms with Gasteiger partial charge in [0.1, 0.15) is 17.2 Å². The molecule has 1 heterocycles. The summed E-state index contributed by atoms with van der Waals surface area (Å²) in [5, 5.41) is 0. The van der Waals surface area contributed by atoms with Crippen LogP contribution in [0.5, 0.6) is 17.2 Å². The fourth-order valence-corrected chi connectivity index (χ4v) is 2.65. The van der Waals surface area contributed by atoms with Crippen molar-refractivity contribution in [3.05, 3.63) is 17.7 Å². The maximum absolute atomic E-state index is 12.3. The maximum Gasteiger partial charge on any atom is 0.154 e. The van der Waals surface area contributed by atoms with Crippen molar-refractivity contribution >= 4 is 16.6 Å². The number of carbonyl (C=O) groups is 1. The quantitative estimate of drug-likeness (QED) is 0.817. The highest BCUT2D eigenvalue weighted by Gasteiger charge is 2.31. The van der Waals surface area contributed by atoms with Gasteiger partial charge in [0.2, 0.25) is 0 Å². The predicted molar refractivity (Wildman–Crippen MR) is 96.0 cm³/mol. The molecule has 0 saturated carbocycles. The van der Waals surface area contributed by atoms with Crippen LogP contribution in [0.25, 0.3) is 0 Å². The molecule has 1 unspecified atom stereocenters. The molecule has 0 bridgehead atoms. The monoisotopic (exact) mass is 357 g/mol. The van der Waals surface area contributed by atoms with Crippen molar-refractivity contribution in [2.24, 2.45) is 0 Å². The number of carbonyl (C=O) groups excluding carboxylic acids is 1. The molecule has 136 valence electrons. The van der Waals surface area contributed by atoms with Crippen molar-refractivity contribution in [2.75, 3.05) is 54.0 Å². The van der Waals surface area contributed by atoms with E-state index >= 15 is 0 Å². The third kappa shape index (κ3) is 5.49. The Hall–Kier alpha value is -1.60. The van der Waals surface area contributed by atoms with Crippen LogP contribution in [0, 0.1) is 0 Å². The zero-order chi connectivity index (χ0) is 18.3. The number of Topliss-reactive ketones (excluding diaryl/α,β-unsaturated/α-hetero) is 1. The molecule has 24 heavy (non-hydrogen) atoms. The van der Waals surface area contributed by atoms with Crippen LogP contribution in [0.15, 0.2) is 12.1 Å². The van der Waals surface area contributed by atoms with Crippen molar-refractivity contribution in [3.63, 3.8) is 0 Å². The van der Waals surface area contributed by atoms with E-state index in [9.17, 15) is 9.00 Å². The number of ketones is 1. The maximum atomic E-state index is 12.3. The first-order valence-corrected chi connectivity index (χ1v) is 9.56. The number of benzene rings is 1. The van der Waals surface area contributed by atoms with Crippen molar-refractivity contribution in [2.45, 2.75) is 12.3 Å². The predicted octanol–water partition coefficient (Wildman–Crippen LogP) is 1.70. The van der Waals surface area contributed by atoms with Crippen molar-refractivity contribution < 1.29 is 23.2 Å². The van der Waals surface area contributed by atoms with E-state index in [1.54, 1.807) is 46.0 Å². The Morgan fingerprint density at radius 1 is 1.08 bits per heavy atom. The van der Waals surface area contributed by atoms with Crippen molar-refractivity contribution in [3.8, 4) is 17.2 Å². The molecule has 1 atom stereocenters. The Morgan fingerprint density at radius 2 is 1.58 bits per heavy atom. The molecule has 2 rings (SSSR count). The molecule has 0 N–H and O–H groups in total. The first-order valence-electron chi connectivity index (χ1n) is 7.60. The molecule has 0 amide bonds. The zero-order valence-corrected chi connectivity index (χ0v) is 16.1. The summed E-state index contributed by atoms with van der Waals surface area (Å²) in [6.45, 7) is 1.34. The number of likely N-dealkylation sites (tertiary alicyclic amines) is 1. The fourth-order valence-electron chi connectivity index (χ4n) is 2.65. The van der Waals surface area contributed by atoms with Gasteiger partial charge in [0.25, 0.3) is 0 Å². The second kappa shape index (κ2) is 9.64. The Balaban J connectivity index is 0.000000648. The largest absolute Gasteiger partial charge is 0.496 e. The van der Waals surface area contributed by atoms with E-state index in [-0.39, 0.29) is 11.7 Å². The number of methoxy groups -OCH3 is 3. The van der Waals surface area contributed by atoms with Crippen LogP contribution in [0.1, 0.15) is 17.9 Å². The van der Waals surface area contributed by atoms with Crippen molar-refractivity contribution in [1.82, 2.24) is 4.90 Å². The van der Waals surface area contributed by atoms with E-state index in [4.69, 9.17) is 14.2 Å². The van der Waals surface area contributed by atoms with E-state index < -0.39 is 10.8 Å². The van der Waals surface area contributed by atoms with Crippen LogP contribution >= 0.6 is 0 Å². The SMILES string of the molecule is COc1cc(OC)c(C2CCN(C)CC2=O)c(OC)c1.CS(C)=O. The minimum atomic E-state index is -0.611. The number of hydrogen-bond acceptors (Lipinski definition) is 6. The van der Waals surface area contributed by atoms with Crippen LogP contribution in [0.4, 0.5) is 0 Å². The molecule has 1 aliphatic heterocycles. The normalized spacial score (nSPS) is 18.0. The van der Waals surface area contributed by atoms with Crippen LogP contribution in [0.2, 0.25) is 0 Å². The average Bonchev–Trinajstić information content (AvgIpc) is 2.53. The standard InChI is InChI=1S/C15H21NO4.C2H6OS/c1-16-6-5-11(12(17)9-16)15-13(19-3)7-10(18-2)8-14(15)20-4;1-4(2)3/h7-8,11H,5-6,9H2,1-4H3;1-2H3. The van der Waals surface area contributed by atoms with Crippen molar-refractivity contribution in [1.29, 1.82) is 0 Å². The summed E-state index contributed by atoms with van der Waals surface area (Å²) in [5.41, 5.74) is 0.828. The van der Waals surface area contributed by atoms with Gasteiger partial charge >= 0.3 is 0 Å². The van der Waals surface area contributed by atoms with Gasteiger partial charge in [-0.3, -0.25) is 13.9 Å². The molecular weight excluding hydrogens is 330 g/mol. The molecule has 1 fully saturated rings. The lowest BCUT2D eigenvalue weighted by atomic mass is 9.87. The number of rotatable bonds is 4. The lowest BCUT2D eigenvalue weighted by Crippen LogP contribution is -2.37. The number of piperidine rings is 1. The minimum absolute atomic E-state index is 0.179. The third-order valence-corrected chi connectivity index (χ3v) is 3.72. The first-order chi connectivity index (χ1) is 11.3. The zero-order valence-electron chi connectivity index (χ0n) is 15.3. The number of hydrogen-bond donors (Lipinski definition) is 0. The summed E-state index contributed by atoms with van der Waals surface area (Å²) in [4.78, 5) is 14.3. The lowest BCUT2D eigenvalue weighted by Gasteiger charge is -2.29. The van der Waals surface area contributed by atoms with Gasteiger partial charge in [-0.05, 0) is 20.0 Å². The summed E-state index contributed by atoms with van der Waals surface area (Å²) in [6.07, 6.45) is 4.05. The van der Waals surface area contributed by atoms with E-state index in [0.717, 1.165) is 18.5 Å².